The number of anilines is 1. The van der Waals surface area contributed by atoms with E-state index in [0.717, 1.165) is 30.6 Å². The number of aryl methyl sites for hydroxylation is 1. The van der Waals surface area contributed by atoms with Crippen LogP contribution >= 0.6 is 0 Å². The maximum atomic E-state index is 12.0. The number of carbonyl (C=O) groups excluding carboxylic acids is 1. The zero-order valence-corrected chi connectivity index (χ0v) is 12.3. The molecule has 0 spiro atoms. The molecule has 4 nitrogen and oxygen atoms in total. The normalized spacial score (nSPS) is 17.4. The smallest absolute Gasteiger partial charge is 0.253 e. The van der Waals surface area contributed by atoms with Crippen molar-refractivity contribution in [1.82, 2.24) is 4.90 Å². The summed E-state index contributed by atoms with van der Waals surface area (Å²) >= 11 is 0. The summed E-state index contributed by atoms with van der Waals surface area (Å²) in [4.78, 5) is 13.6. The van der Waals surface area contributed by atoms with Crippen molar-refractivity contribution in [3.63, 3.8) is 0 Å². The van der Waals surface area contributed by atoms with Crippen LogP contribution in [0, 0.1) is 6.92 Å². The van der Waals surface area contributed by atoms with Crippen LogP contribution in [0.2, 0.25) is 0 Å². The van der Waals surface area contributed by atoms with E-state index in [-0.39, 0.29) is 12.0 Å². The van der Waals surface area contributed by atoms with Gasteiger partial charge >= 0.3 is 0 Å². The van der Waals surface area contributed by atoms with Gasteiger partial charge in [0.15, 0.2) is 0 Å². The van der Waals surface area contributed by atoms with Crippen molar-refractivity contribution in [2.24, 2.45) is 0 Å². The second-order valence-corrected chi connectivity index (χ2v) is 5.32. The van der Waals surface area contributed by atoms with Gasteiger partial charge in [0.1, 0.15) is 6.10 Å². The molecule has 1 heterocycles. The highest BCUT2D eigenvalue weighted by molar-refractivity contribution is 5.95. The highest BCUT2D eigenvalue weighted by atomic mass is 16.5. The number of hydrogen-bond donors (Lipinski definition) is 1. The largest absolute Gasteiger partial charge is 0.497 e. The van der Waals surface area contributed by atoms with E-state index in [4.69, 9.17) is 4.74 Å². The van der Waals surface area contributed by atoms with E-state index in [1.165, 1.54) is 0 Å². The first-order valence-electron chi connectivity index (χ1n) is 6.94. The summed E-state index contributed by atoms with van der Waals surface area (Å²) in [7, 11) is 3.52. The van der Waals surface area contributed by atoms with E-state index in [1.54, 1.807) is 25.3 Å². The molecule has 4 heteroatoms. The van der Waals surface area contributed by atoms with Crippen molar-refractivity contribution < 1.29 is 9.53 Å². The van der Waals surface area contributed by atoms with Crippen LogP contribution in [0.5, 0.6) is 0 Å². The Balaban J connectivity index is 2.04. The second-order valence-electron chi connectivity index (χ2n) is 5.32. The van der Waals surface area contributed by atoms with Crippen LogP contribution in [0.25, 0.3) is 0 Å². The third-order valence-electron chi connectivity index (χ3n) is 3.43. The number of hydrogen-bond acceptors (Lipinski definition) is 3. The Morgan fingerprint density at radius 3 is 2.90 bits per heavy atom. The highest BCUT2D eigenvalue weighted by Crippen LogP contribution is 2.19. The average Bonchev–Trinajstić information content (AvgIpc) is 2.46. The lowest BCUT2D eigenvalue weighted by atomic mass is 10.1. The first-order chi connectivity index (χ1) is 9.58. The van der Waals surface area contributed by atoms with E-state index < -0.39 is 0 Å². The number of nitrogens with one attached hydrogen (secondary N) is 1. The molecule has 20 heavy (non-hydrogen) atoms. The SMILES string of the molecule is Cc1ccc(C(=O)N(C)C)cc1NCC1CCC=CO1. The van der Waals surface area contributed by atoms with Gasteiger partial charge in [-0.25, -0.2) is 0 Å². The fourth-order valence-electron chi connectivity index (χ4n) is 2.16. The lowest BCUT2D eigenvalue weighted by Crippen LogP contribution is -2.24. The van der Waals surface area contributed by atoms with Crippen LogP contribution < -0.4 is 5.32 Å². The minimum Gasteiger partial charge on any atom is -0.497 e. The number of carbonyl (C=O) groups is 1. The van der Waals surface area contributed by atoms with Crippen LogP contribution in [0.15, 0.2) is 30.5 Å². The molecule has 1 amide bonds. The number of ether oxygens (including phenoxy) is 1. The number of allylic oxidation sites excluding steroid dienone is 1. The van der Waals surface area contributed by atoms with Crippen molar-refractivity contribution in [2.45, 2.75) is 25.9 Å². The Morgan fingerprint density at radius 1 is 1.45 bits per heavy atom. The topological polar surface area (TPSA) is 41.6 Å². The van der Waals surface area contributed by atoms with Crippen molar-refractivity contribution in [1.29, 1.82) is 0 Å². The van der Waals surface area contributed by atoms with Gasteiger partial charge in [0.2, 0.25) is 0 Å². The molecule has 1 atom stereocenters. The molecule has 1 aliphatic rings. The summed E-state index contributed by atoms with van der Waals surface area (Å²) in [6, 6.07) is 5.75. The Bertz CT molecular complexity index is 509. The Hall–Kier alpha value is -1.97. The molecule has 0 radical (unpaired) electrons. The molecule has 0 bridgehead atoms. The molecular formula is C16H22N2O2. The van der Waals surface area contributed by atoms with Gasteiger partial charge < -0.3 is 15.0 Å². The summed E-state index contributed by atoms with van der Waals surface area (Å²) in [6.45, 7) is 2.79. The van der Waals surface area contributed by atoms with Crippen molar-refractivity contribution in [3.8, 4) is 0 Å². The molecule has 0 aliphatic carbocycles. The van der Waals surface area contributed by atoms with Gasteiger partial charge in [-0.05, 0) is 43.5 Å². The summed E-state index contributed by atoms with van der Waals surface area (Å²) in [6.07, 6.45) is 6.10. The van der Waals surface area contributed by atoms with Gasteiger partial charge in [0.05, 0.1) is 12.8 Å². The summed E-state index contributed by atoms with van der Waals surface area (Å²) in [5, 5.41) is 3.39. The molecule has 1 unspecified atom stereocenters. The molecule has 1 aromatic rings. The third kappa shape index (κ3) is 3.53. The monoisotopic (exact) mass is 274 g/mol. The zero-order valence-electron chi connectivity index (χ0n) is 12.3. The summed E-state index contributed by atoms with van der Waals surface area (Å²) in [5.74, 6) is 0.0184. The Morgan fingerprint density at radius 2 is 2.25 bits per heavy atom. The molecule has 0 saturated heterocycles. The van der Waals surface area contributed by atoms with E-state index in [0.29, 0.717) is 5.56 Å². The fraction of sp³-hybridized carbons (Fsp3) is 0.438. The minimum absolute atomic E-state index is 0.0184. The predicted octanol–water partition coefficient (Wildman–Crippen LogP) is 2.80. The van der Waals surface area contributed by atoms with Crippen molar-refractivity contribution >= 4 is 11.6 Å². The standard InChI is InChI=1S/C16H22N2O2/c1-12-7-8-13(16(19)18(2)3)10-15(12)17-11-14-6-4-5-9-20-14/h5,7-10,14,17H,4,6,11H2,1-3H3. The number of amides is 1. The number of rotatable bonds is 4. The zero-order chi connectivity index (χ0) is 14.5. The molecule has 108 valence electrons. The minimum atomic E-state index is 0.0184. The van der Waals surface area contributed by atoms with Crippen LogP contribution in [0.4, 0.5) is 5.69 Å². The summed E-state index contributed by atoms with van der Waals surface area (Å²) in [5.41, 5.74) is 2.83. The van der Waals surface area contributed by atoms with Gasteiger partial charge in [-0.15, -0.1) is 0 Å². The van der Waals surface area contributed by atoms with Crippen LogP contribution in [0.1, 0.15) is 28.8 Å². The highest BCUT2D eigenvalue weighted by Gasteiger charge is 2.13. The van der Waals surface area contributed by atoms with E-state index >= 15 is 0 Å². The first kappa shape index (κ1) is 14.4. The van der Waals surface area contributed by atoms with E-state index in [1.807, 2.05) is 31.2 Å². The molecule has 2 rings (SSSR count). The maximum Gasteiger partial charge on any atom is 0.253 e. The molecular weight excluding hydrogens is 252 g/mol. The average molecular weight is 274 g/mol. The number of benzene rings is 1. The van der Waals surface area contributed by atoms with E-state index in [9.17, 15) is 4.79 Å². The lowest BCUT2D eigenvalue weighted by Gasteiger charge is -2.21. The van der Waals surface area contributed by atoms with Gasteiger partial charge in [-0.2, -0.15) is 0 Å². The first-order valence-corrected chi connectivity index (χ1v) is 6.94. The molecule has 0 aromatic heterocycles. The fourth-order valence-corrected chi connectivity index (χ4v) is 2.16. The van der Waals surface area contributed by atoms with Gasteiger partial charge in [-0.3, -0.25) is 4.79 Å². The van der Waals surface area contributed by atoms with Gasteiger partial charge in [0, 0.05) is 25.3 Å². The molecule has 1 aromatic carbocycles. The molecule has 1 N–H and O–H groups in total. The third-order valence-corrected chi connectivity index (χ3v) is 3.43. The predicted molar refractivity (Wildman–Crippen MR) is 80.9 cm³/mol. The van der Waals surface area contributed by atoms with E-state index in [2.05, 4.69) is 5.32 Å². The lowest BCUT2D eigenvalue weighted by molar-refractivity contribution is 0.0827. The molecule has 1 aliphatic heterocycles. The van der Waals surface area contributed by atoms with Crippen LogP contribution in [-0.4, -0.2) is 37.6 Å². The van der Waals surface area contributed by atoms with Gasteiger partial charge in [-0.1, -0.05) is 6.07 Å². The van der Waals surface area contributed by atoms with Crippen LogP contribution in [0.3, 0.4) is 0 Å². The Labute approximate surface area is 120 Å². The Kier molecular flexibility index (Phi) is 4.66. The second kappa shape index (κ2) is 6.46. The quantitative estimate of drug-likeness (QED) is 0.918. The van der Waals surface area contributed by atoms with Crippen molar-refractivity contribution in [2.75, 3.05) is 26.0 Å². The summed E-state index contributed by atoms with van der Waals surface area (Å²) < 4.78 is 5.54. The maximum absolute atomic E-state index is 12.0. The number of nitrogens with zero attached hydrogens (tertiary/aromatic N) is 1. The van der Waals surface area contributed by atoms with Crippen molar-refractivity contribution in [3.05, 3.63) is 41.7 Å². The van der Waals surface area contributed by atoms with Crippen LogP contribution in [-0.2, 0) is 4.74 Å². The molecule has 0 fully saturated rings. The molecule has 0 saturated carbocycles. The van der Waals surface area contributed by atoms with Gasteiger partial charge in [0.25, 0.3) is 5.91 Å².